The lowest BCUT2D eigenvalue weighted by atomic mass is 10.1. The van der Waals surface area contributed by atoms with Gasteiger partial charge in [-0.05, 0) is 17.7 Å². The summed E-state index contributed by atoms with van der Waals surface area (Å²) in [6.07, 6.45) is 2.11. The van der Waals surface area contributed by atoms with Gasteiger partial charge in [0.1, 0.15) is 0 Å². The molecule has 1 heterocycles. The number of halogens is 1. The fourth-order valence-corrected chi connectivity index (χ4v) is 2.17. The summed E-state index contributed by atoms with van der Waals surface area (Å²) in [7, 11) is -3.72. The van der Waals surface area contributed by atoms with E-state index in [0.717, 1.165) is 11.8 Å². The van der Waals surface area contributed by atoms with E-state index < -0.39 is 15.5 Å². The first kappa shape index (κ1) is 12.9. The van der Waals surface area contributed by atoms with Gasteiger partial charge in [-0.1, -0.05) is 6.07 Å². The Hall–Kier alpha value is -1.53. The molecule has 18 heavy (non-hydrogen) atoms. The zero-order valence-corrected chi connectivity index (χ0v) is 11.0. The molecule has 0 saturated heterocycles. The number of alkyl halides is 1. The van der Waals surface area contributed by atoms with Crippen molar-refractivity contribution in [1.82, 2.24) is 4.98 Å². The number of benzene rings is 1. The van der Waals surface area contributed by atoms with E-state index in [1.54, 1.807) is 18.2 Å². The molecule has 2 aromatic rings. The van der Waals surface area contributed by atoms with Gasteiger partial charge < -0.3 is 9.17 Å². The summed E-state index contributed by atoms with van der Waals surface area (Å²) in [6.45, 7) is 0. The van der Waals surface area contributed by atoms with Crippen molar-refractivity contribution in [2.75, 3.05) is 6.26 Å². The average Bonchev–Trinajstić information content (AvgIpc) is 2.31. The smallest absolute Gasteiger partial charge is 0.306 e. The molecule has 0 saturated carbocycles. The number of pyridine rings is 1. The van der Waals surface area contributed by atoms with Crippen molar-refractivity contribution >= 4 is 32.6 Å². The van der Waals surface area contributed by atoms with Gasteiger partial charge in [0.15, 0.2) is 0 Å². The van der Waals surface area contributed by atoms with Crippen LogP contribution in [0, 0.1) is 0 Å². The first-order valence-corrected chi connectivity index (χ1v) is 7.35. The molecule has 1 aromatic heterocycles. The molecule has 1 N–H and O–H groups in total. The summed E-state index contributed by atoms with van der Waals surface area (Å²) in [4.78, 5) is 14.8. The highest BCUT2D eigenvalue weighted by atomic mass is 35.5. The van der Waals surface area contributed by atoms with E-state index in [9.17, 15) is 13.2 Å². The van der Waals surface area contributed by atoms with Crippen LogP contribution in [0.1, 0.15) is 5.56 Å². The molecule has 0 aliphatic heterocycles. The number of fused-ring (bicyclic) bond motifs is 1. The first-order valence-electron chi connectivity index (χ1n) is 5.00. The molecule has 1 aromatic carbocycles. The summed E-state index contributed by atoms with van der Waals surface area (Å²) in [5.41, 5.74) is 0.964. The summed E-state index contributed by atoms with van der Waals surface area (Å²) in [6, 6.07) is 5.02. The van der Waals surface area contributed by atoms with Gasteiger partial charge in [-0.15, -0.1) is 11.6 Å². The summed E-state index contributed by atoms with van der Waals surface area (Å²) < 4.78 is 26.6. The Kier molecular flexibility index (Phi) is 3.32. The molecule has 5 nitrogen and oxygen atoms in total. The normalized spacial score (nSPS) is 11.7. The average molecular weight is 288 g/mol. The second-order valence-electron chi connectivity index (χ2n) is 3.78. The maximum Gasteiger partial charge on any atom is 0.306 e. The van der Waals surface area contributed by atoms with Gasteiger partial charge in [0.05, 0.1) is 6.26 Å². The number of rotatable bonds is 3. The van der Waals surface area contributed by atoms with Crippen LogP contribution in [0.4, 0.5) is 0 Å². The standard InChI is InChI=1S/C11H10ClNO4S/c1-18(15,16)17-10-6-13-9-4-7(5-12)2-3-8(9)11(10)14/h2-4,6H,5H2,1H3,(H,13,14). The molecule has 0 fully saturated rings. The molecule has 0 unspecified atom stereocenters. The van der Waals surface area contributed by atoms with E-state index >= 15 is 0 Å². The van der Waals surface area contributed by atoms with Crippen LogP contribution in [0.3, 0.4) is 0 Å². The van der Waals surface area contributed by atoms with Crippen LogP contribution in [0.5, 0.6) is 5.75 Å². The molecule has 96 valence electrons. The van der Waals surface area contributed by atoms with Crippen LogP contribution in [-0.4, -0.2) is 19.7 Å². The lowest BCUT2D eigenvalue weighted by Crippen LogP contribution is -2.14. The minimum Gasteiger partial charge on any atom is -0.377 e. The Morgan fingerprint density at radius 2 is 2.11 bits per heavy atom. The Labute approximate surface area is 108 Å². The molecule has 0 aliphatic rings. The number of hydrogen-bond acceptors (Lipinski definition) is 4. The van der Waals surface area contributed by atoms with Crippen LogP contribution >= 0.6 is 11.6 Å². The lowest BCUT2D eigenvalue weighted by Gasteiger charge is -2.04. The second kappa shape index (κ2) is 4.62. The lowest BCUT2D eigenvalue weighted by molar-refractivity contribution is 0.490. The predicted octanol–water partition coefficient (Wildman–Crippen LogP) is 1.61. The van der Waals surface area contributed by atoms with Gasteiger partial charge in [0.2, 0.25) is 11.2 Å². The maximum absolute atomic E-state index is 12.0. The van der Waals surface area contributed by atoms with Gasteiger partial charge in [-0.2, -0.15) is 8.42 Å². The van der Waals surface area contributed by atoms with Crippen LogP contribution in [0.25, 0.3) is 10.9 Å². The van der Waals surface area contributed by atoms with Crippen LogP contribution in [-0.2, 0) is 16.0 Å². The highest BCUT2D eigenvalue weighted by Gasteiger charge is 2.11. The Morgan fingerprint density at radius 3 is 2.72 bits per heavy atom. The van der Waals surface area contributed by atoms with Gasteiger partial charge in [0, 0.05) is 23.0 Å². The quantitative estimate of drug-likeness (QED) is 0.687. The van der Waals surface area contributed by atoms with Crippen molar-refractivity contribution in [2.24, 2.45) is 0 Å². The number of aromatic amines is 1. The molecule has 7 heteroatoms. The van der Waals surface area contributed by atoms with Crippen molar-refractivity contribution in [3.05, 3.63) is 40.2 Å². The third-order valence-corrected chi connectivity index (χ3v) is 3.10. The van der Waals surface area contributed by atoms with Crippen molar-refractivity contribution in [1.29, 1.82) is 0 Å². The van der Waals surface area contributed by atoms with Crippen LogP contribution < -0.4 is 9.61 Å². The molecule has 0 spiro atoms. The van der Waals surface area contributed by atoms with E-state index in [4.69, 9.17) is 11.6 Å². The van der Waals surface area contributed by atoms with E-state index in [2.05, 4.69) is 9.17 Å². The van der Waals surface area contributed by atoms with E-state index in [-0.39, 0.29) is 5.75 Å². The highest BCUT2D eigenvalue weighted by Crippen LogP contribution is 2.15. The summed E-state index contributed by atoms with van der Waals surface area (Å²) >= 11 is 5.69. The molecular weight excluding hydrogens is 278 g/mol. The summed E-state index contributed by atoms with van der Waals surface area (Å²) in [5, 5.41) is 0.352. The Bertz CT molecular complexity index is 751. The monoisotopic (exact) mass is 287 g/mol. The molecule has 0 amide bonds. The topological polar surface area (TPSA) is 76.2 Å². The minimum atomic E-state index is -3.72. The van der Waals surface area contributed by atoms with Crippen LogP contribution in [0.15, 0.2) is 29.2 Å². The van der Waals surface area contributed by atoms with Crippen molar-refractivity contribution < 1.29 is 12.6 Å². The van der Waals surface area contributed by atoms with Gasteiger partial charge in [-0.25, -0.2) is 0 Å². The number of H-pyrrole nitrogens is 1. The molecule has 0 atom stereocenters. The first-order chi connectivity index (χ1) is 8.40. The number of hydrogen-bond donors (Lipinski definition) is 1. The predicted molar refractivity (Wildman–Crippen MR) is 69.6 cm³/mol. The summed E-state index contributed by atoms with van der Waals surface area (Å²) in [5.74, 6) is 0.0863. The van der Waals surface area contributed by atoms with Crippen molar-refractivity contribution in [3.8, 4) is 5.75 Å². The van der Waals surface area contributed by atoms with Gasteiger partial charge in [0.25, 0.3) is 0 Å². The molecular formula is C11H10ClNO4S. The Balaban J connectivity index is 2.62. The van der Waals surface area contributed by atoms with Crippen molar-refractivity contribution in [3.63, 3.8) is 0 Å². The largest absolute Gasteiger partial charge is 0.377 e. The third kappa shape index (κ3) is 2.65. The molecule has 0 aliphatic carbocycles. The van der Waals surface area contributed by atoms with Gasteiger partial charge >= 0.3 is 10.1 Å². The SMILES string of the molecule is CS(=O)(=O)Oc1c[nH]c2cc(CCl)ccc2c1=O. The van der Waals surface area contributed by atoms with Crippen molar-refractivity contribution in [2.45, 2.75) is 5.88 Å². The van der Waals surface area contributed by atoms with E-state index in [0.29, 0.717) is 16.8 Å². The fraction of sp³-hybridized carbons (Fsp3) is 0.182. The third-order valence-electron chi connectivity index (χ3n) is 2.31. The van der Waals surface area contributed by atoms with E-state index in [1.807, 2.05) is 0 Å². The zero-order chi connectivity index (χ0) is 13.3. The molecule has 0 bridgehead atoms. The van der Waals surface area contributed by atoms with Gasteiger partial charge in [-0.3, -0.25) is 4.79 Å². The Morgan fingerprint density at radius 1 is 1.39 bits per heavy atom. The molecule has 2 rings (SSSR count). The highest BCUT2D eigenvalue weighted by molar-refractivity contribution is 7.86. The number of nitrogens with one attached hydrogen (secondary N) is 1. The second-order valence-corrected chi connectivity index (χ2v) is 5.63. The molecule has 0 radical (unpaired) electrons. The zero-order valence-electron chi connectivity index (χ0n) is 9.44. The minimum absolute atomic E-state index is 0.247. The maximum atomic E-state index is 12.0. The van der Waals surface area contributed by atoms with E-state index in [1.165, 1.54) is 6.20 Å². The number of aromatic nitrogens is 1. The fourth-order valence-electron chi connectivity index (χ4n) is 1.56. The van der Waals surface area contributed by atoms with Crippen LogP contribution in [0.2, 0.25) is 0 Å².